The second kappa shape index (κ2) is 5.47. The molecule has 3 heterocycles. The molecule has 3 aromatic heterocycles. The number of aryl methyl sites for hydroxylation is 1. The number of thiazole rings is 1. The standard InChI is InChI=1S/C12H11N5OS3/c1-6-13-8(5-19-6)4-9-15-16-11(18-9)20-12-14-10(17-21-12)7-2-3-7/h5,7H,2-4H2,1H3. The Kier molecular flexibility index (Phi) is 3.48. The van der Waals surface area contributed by atoms with Crippen molar-refractivity contribution >= 4 is 34.6 Å². The van der Waals surface area contributed by atoms with E-state index >= 15 is 0 Å². The fraction of sp³-hybridized carbons (Fsp3) is 0.417. The highest BCUT2D eigenvalue weighted by atomic mass is 32.2. The largest absolute Gasteiger partial charge is 0.415 e. The van der Waals surface area contributed by atoms with Crippen LogP contribution in [0, 0.1) is 6.92 Å². The molecule has 0 aliphatic heterocycles. The van der Waals surface area contributed by atoms with Crippen molar-refractivity contribution in [3.05, 3.63) is 27.8 Å². The van der Waals surface area contributed by atoms with Crippen LogP contribution in [0.25, 0.3) is 0 Å². The molecule has 0 N–H and O–H groups in total. The summed E-state index contributed by atoms with van der Waals surface area (Å²) in [5.41, 5.74) is 0.963. The third kappa shape index (κ3) is 3.14. The van der Waals surface area contributed by atoms with Gasteiger partial charge in [-0.05, 0) is 31.3 Å². The van der Waals surface area contributed by atoms with E-state index in [0.717, 1.165) is 20.9 Å². The summed E-state index contributed by atoms with van der Waals surface area (Å²) in [4.78, 5) is 8.89. The molecule has 1 saturated carbocycles. The van der Waals surface area contributed by atoms with Gasteiger partial charge < -0.3 is 4.42 Å². The van der Waals surface area contributed by atoms with E-state index in [1.807, 2.05) is 12.3 Å². The lowest BCUT2D eigenvalue weighted by Crippen LogP contribution is -1.88. The minimum Gasteiger partial charge on any atom is -0.415 e. The predicted molar refractivity (Wildman–Crippen MR) is 80.0 cm³/mol. The van der Waals surface area contributed by atoms with Crippen molar-refractivity contribution in [1.82, 2.24) is 24.5 Å². The Hall–Kier alpha value is -1.32. The zero-order valence-corrected chi connectivity index (χ0v) is 13.6. The summed E-state index contributed by atoms with van der Waals surface area (Å²) in [7, 11) is 0. The highest BCUT2D eigenvalue weighted by molar-refractivity contribution is 8.00. The maximum absolute atomic E-state index is 5.63. The van der Waals surface area contributed by atoms with Crippen molar-refractivity contribution in [2.24, 2.45) is 0 Å². The van der Waals surface area contributed by atoms with Crippen LogP contribution in [0.1, 0.15) is 41.2 Å². The molecule has 4 rings (SSSR count). The molecule has 0 atom stereocenters. The number of hydrogen-bond acceptors (Lipinski definition) is 9. The van der Waals surface area contributed by atoms with Gasteiger partial charge in [-0.15, -0.1) is 21.5 Å². The highest BCUT2D eigenvalue weighted by Crippen LogP contribution is 2.40. The number of hydrogen-bond donors (Lipinski definition) is 0. The fourth-order valence-electron chi connectivity index (χ4n) is 1.84. The lowest BCUT2D eigenvalue weighted by molar-refractivity contribution is 0.419. The topological polar surface area (TPSA) is 77.6 Å². The van der Waals surface area contributed by atoms with Gasteiger partial charge in [0.2, 0.25) is 5.89 Å². The Labute approximate surface area is 133 Å². The fourth-order valence-corrected chi connectivity index (χ4v) is 3.93. The van der Waals surface area contributed by atoms with Gasteiger partial charge in [-0.1, -0.05) is 0 Å². The van der Waals surface area contributed by atoms with Crippen molar-refractivity contribution < 1.29 is 4.42 Å². The Morgan fingerprint density at radius 2 is 2.24 bits per heavy atom. The van der Waals surface area contributed by atoms with Crippen molar-refractivity contribution in [2.75, 3.05) is 0 Å². The molecule has 6 nitrogen and oxygen atoms in total. The van der Waals surface area contributed by atoms with Crippen LogP contribution in [0.3, 0.4) is 0 Å². The van der Waals surface area contributed by atoms with E-state index in [-0.39, 0.29) is 0 Å². The molecule has 0 radical (unpaired) electrons. The summed E-state index contributed by atoms with van der Waals surface area (Å²) in [5.74, 6) is 2.11. The first-order chi connectivity index (χ1) is 10.3. The van der Waals surface area contributed by atoms with Gasteiger partial charge in [0.05, 0.1) is 17.1 Å². The quantitative estimate of drug-likeness (QED) is 0.707. The van der Waals surface area contributed by atoms with Crippen LogP contribution in [0.4, 0.5) is 0 Å². The molecular weight excluding hydrogens is 326 g/mol. The van der Waals surface area contributed by atoms with E-state index < -0.39 is 0 Å². The van der Waals surface area contributed by atoms with Crippen molar-refractivity contribution in [1.29, 1.82) is 0 Å². The maximum atomic E-state index is 5.63. The lowest BCUT2D eigenvalue weighted by atomic mass is 10.3. The molecule has 1 fully saturated rings. The normalized spacial score (nSPS) is 14.7. The van der Waals surface area contributed by atoms with Gasteiger partial charge in [-0.25, -0.2) is 9.97 Å². The first-order valence-corrected chi connectivity index (χ1v) is 8.98. The summed E-state index contributed by atoms with van der Waals surface area (Å²) in [5, 5.41) is 11.7. The molecule has 0 aromatic carbocycles. The molecular formula is C12H11N5OS3. The predicted octanol–water partition coefficient (Wildman–Crippen LogP) is 3.31. The van der Waals surface area contributed by atoms with E-state index in [2.05, 4.69) is 24.5 Å². The Bertz CT molecular complexity index is 760. The highest BCUT2D eigenvalue weighted by Gasteiger charge is 2.28. The van der Waals surface area contributed by atoms with Crippen molar-refractivity contribution in [3.8, 4) is 0 Å². The minimum atomic E-state index is 0.510. The van der Waals surface area contributed by atoms with Gasteiger partial charge in [-0.2, -0.15) is 4.37 Å². The van der Waals surface area contributed by atoms with Crippen LogP contribution >= 0.6 is 34.6 Å². The molecule has 108 valence electrons. The molecule has 0 amide bonds. The van der Waals surface area contributed by atoms with Crippen LogP contribution in [0.15, 0.2) is 19.4 Å². The van der Waals surface area contributed by atoms with Crippen LogP contribution in [-0.4, -0.2) is 24.5 Å². The van der Waals surface area contributed by atoms with Crippen LogP contribution in [-0.2, 0) is 6.42 Å². The van der Waals surface area contributed by atoms with Gasteiger partial charge in [0.1, 0.15) is 5.82 Å². The summed E-state index contributed by atoms with van der Waals surface area (Å²) in [6.07, 6.45) is 2.98. The smallest absolute Gasteiger partial charge is 0.283 e. The van der Waals surface area contributed by atoms with Crippen LogP contribution in [0.2, 0.25) is 0 Å². The lowest BCUT2D eigenvalue weighted by Gasteiger charge is -1.89. The van der Waals surface area contributed by atoms with E-state index in [0.29, 0.717) is 23.5 Å². The number of aromatic nitrogens is 5. The molecule has 0 saturated heterocycles. The van der Waals surface area contributed by atoms with E-state index in [1.54, 1.807) is 11.3 Å². The maximum Gasteiger partial charge on any atom is 0.283 e. The third-order valence-electron chi connectivity index (χ3n) is 2.99. The van der Waals surface area contributed by atoms with E-state index in [4.69, 9.17) is 4.42 Å². The number of nitrogens with zero attached hydrogens (tertiary/aromatic N) is 5. The van der Waals surface area contributed by atoms with Crippen LogP contribution in [0.5, 0.6) is 0 Å². The average Bonchev–Trinajstić information content (AvgIpc) is 2.85. The molecule has 9 heteroatoms. The average molecular weight is 337 g/mol. The summed E-state index contributed by atoms with van der Waals surface area (Å²) in [6.45, 7) is 1.98. The van der Waals surface area contributed by atoms with Gasteiger partial charge >= 0.3 is 0 Å². The number of rotatable bonds is 5. The van der Waals surface area contributed by atoms with Crippen molar-refractivity contribution in [3.63, 3.8) is 0 Å². The molecule has 0 unspecified atom stereocenters. The molecule has 1 aliphatic rings. The Morgan fingerprint density at radius 1 is 1.33 bits per heavy atom. The third-order valence-corrected chi connectivity index (χ3v) is 5.41. The summed E-state index contributed by atoms with van der Waals surface area (Å²) < 4.78 is 10.9. The minimum absolute atomic E-state index is 0.510. The monoisotopic (exact) mass is 337 g/mol. The van der Waals surface area contributed by atoms with Gasteiger partial charge in [0, 0.05) is 23.1 Å². The van der Waals surface area contributed by atoms with Gasteiger partial charge in [0.25, 0.3) is 5.22 Å². The molecule has 21 heavy (non-hydrogen) atoms. The summed E-state index contributed by atoms with van der Waals surface area (Å²) in [6, 6.07) is 0. The summed E-state index contributed by atoms with van der Waals surface area (Å²) >= 11 is 4.39. The molecule has 0 spiro atoms. The molecule has 3 aromatic rings. The zero-order chi connectivity index (χ0) is 14.2. The second-order valence-corrected chi connectivity index (χ2v) is 7.80. The van der Waals surface area contributed by atoms with Gasteiger partial charge in [0.15, 0.2) is 4.34 Å². The molecule has 1 aliphatic carbocycles. The van der Waals surface area contributed by atoms with E-state index in [1.165, 1.54) is 36.1 Å². The zero-order valence-electron chi connectivity index (χ0n) is 11.1. The second-order valence-electron chi connectivity index (χ2n) is 4.79. The molecule has 0 bridgehead atoms. The van der Waals surface area contributed by atoms with Crippen LogP contribution < -0.4 is 0 Å². The SMILES string of the molecule is Cc1nc(Cc2nnc(Sc3nc(C4CC4)ns3)o2)cs1. The van der Waals surface area contributed by atoms with E-state index in [9.17, 15) is 0 Å². The van der Waals surface area contributed by atoms with Crippen molar-refractivity contribution in [2.45, 2.75) is 41.7 Å². The Balaban J connectivity index is 1.43. The van der Waals surface area contributed by atoms with Gasteiger partial charge in [-0.3, -0.25) is 0 Å². The first kappa shape index (κ1) is 13.4. The first-order valence-electron chi connectivity index (χ1n) is 6.51. The Morgan fingerprint density at radius 3 is 3.00 bits per heavy atom.